The number of aromatic amines is 1. The Labute approximate surface area is 236 Å². The molecular formula is C33H31F4N3O. The number of rotatable bonds is 4. The van der Waals surface area contributed by atoms with Crippen LogP contribution in [-0.2, 0) is 22.3 Å². The van der Waals surface area contributed by atoms with E-state index in [1.54, 1.807) is 37.2 Å². The van der Waals surface area contributed by atoms with Gasteiger partial charge < -0.3 is 9.88 Å². The molecule has 1 amide bonds. The molecule has 4 nitrogen and oxygen atoms in total. The third kappa shape index (κ3) is 4.27. The lowest BCUT2D eigenvalue weighted by molar-refractivity contribution is -0.203. The Hall–Kier alpha value is -3.91. The lowest BCUT2D eigenvalue weighted by atomic mass is 9.63. The highest BCUT2D eigenvalue weighted by Gasteiger charge is 2.66. The van der Waals surface area contributed by atoms with Crippen LogP contribution in [0.25, 0.3) is 17.0 Å². The topological polar surface area (TPSA) is 39.3 Å². The zero-order valence-corrected chi connectivity index (χ0v) is 22.9. The van der Waals surface area contributed by atoms with Gasteiger partial charge in [-0.05, 0) is 86.5 Å². The van der Waals surface area contributed by atoms with Crippen LogP contribution in [0.1, 0.15) is 41.6 Å². The Bertz CT molecular complexity index is 1650. The van der Waals surface area contributed by atoms with Gasteiger partial charge in [-0.3, -0.25) is 9.69 Å². The molecule has 212 valence electrons. The Balaban J connectivity index is 1.50. The molecule has 0 bridgehead atoms. The second-order valence-electron chi connectivity index (χ2n) is 11.3. The van der Waals surface area contributed by atoms with Crippen LogP contribution in [0.2, 0.25) is 0 Å². The van der Waals surface area contributed by atoms with E-state index >= 15 is 8.78 Å². The monoisotopic (exact) mass is 561 g/mol. The molecule has 0 radical (unpaired) electrons. The van der Waals surface area contributed by atoms with Gasteiger partial charge in [0.1, 0.15) is 17.2 Å². The molecule has 3 aromatic carbocycles. The van der Waals surface area contributed by atoms with Gasteiger partial charge in [-0.15, -0.1) is 0 Å². The van der Waals surface area contributed by atoms with Crippen molar-refractivity contribution in [2.24, 2.45) is 0 Å². The summed E-state index contributed by atoms with van der Waals surface area (Å²) in [6, 6.07) is 19.1. The summed E-state index contributed by atoms with van der Waals surface area (Å²) in [5.74, 6) is -4.74. The Morgan fingerprint density at radius 3 is 2.41 bits per heavy atom. The van der Waals surface area contributed by atoms with Crippen molar-refractivity contribution in [1.29, 1.82) is 0 Å². The molecular weight excluding hydrogens is 530 g/mol. The quantitative estimate of drug-likeness (QED) is 0.215. The van der Waals surface area contributed by atoms with Crippen molar-refractivity contribution in [3.05, 3.63) is 113 Å². The van der Waals surface area contributed by atoms with Gasteiger partial charge >= 0.3 is 0 Å². The zero-order chi connectivity index (χ0) is 29.0. The van der Waals surface area contributed by atoms with Crippen LogP contribution in [-0.4, -0.2) is 47.3 Å². The van der Waals surface area contributed by atoms with Gasteiger partial charge in [0, 0.05) is 35.6 Å². The highest BCUT2D eigenvalue weighted by atomic mass is 19.3. The van der Waals surface area contributed by atoms with Gasteiger partial charge in [-0.2, -0.15) is 0 Å². The van der Waals surface area contributed by atoms with E-state index in [0.717, 1.165) is 11.1 Å². The first-order valence-electron chi connectivity index (χ1n) is 13.7. The minimum absolute atomic E-state index is 0.0359. The second-order valence-corrected chi connectivity index (χ2v) is 11.3. The van der Waals surface area contributed by atoms with Gasteiger partial charge in [0.25, 0.3) is 5.92 Å². The molecule has 1 spiro atoms. The van der Waals surface area contributed by atoms with Crippen molar-refractivity contribution in [2.75, 3.05) is 20.6 Å². The first-order chi connectivity index (χ1) is 19.6. The van der Waals surface area contributed by atoms with Gasteiger partial charge in [0.15, 0.2) is 0 Å². The molecule has 41 heavy (non-hydrogen) atoms. The van der Waals surface area contributed by atoms with Crippen LogP contribution in [0.5, 0.6) is 0 Å². The predicted molar refractivity (Wildman–Crippen MR) is 151 cm³/mol. The van der Waals surface area contributed by atoms with Crippen LogP contribution in [0.3, 0.4) is 0 Å². The van der Waals surface area contributed by atoms with E-state index in [1.165, 1.54) is 41.3 Å². The van der Waals surface area contributed by atoms with E-state index in [4.69, 9.17) is 0 Å². The molecule has 2 unspecified atom stereocenters. The summed E-state index contributed by atoms with van der Waals surface area (Å²) in [4.78, 5) is 20.1. The molecule has 1 aromatic heterocycles. The maximum absolute atomic E-state index is 16.9. The van der Waals surface area contributed by atoms with Crippen molar-refractivity contribution < 1.29 is 22.4 Å². The summed E-state index contributed by atoms with van der Waals surface area (Å²) in [6.07, 6.45) is 3.00. The molecule has 0 saturated heterocycles. The summed E-state index contributed by atoms with van der Waals surface area (Å²) in [7, 11) is 3.17. The molecule has 1 saturated carbocycles. The lowest BCUT2D eigenvalue weighted by Gasteiger charge is -2.58. The van der Waals surface area contributed by atoms with Crippen molar-refractivity contribution >= 4 is 22.9 Å². The fourth-order valence-electron chi connectivity index (χ4n) is 7.12. The highest BCUT2D eigenvalue weighted by Crippen LogP contribution is 2.59. The van der Waals surface area contributed by atoms with Crippen molar-refractivity contribution in [1.82, 2.24) is 14.8 Å². The molecule has 8 heteroatoms. The average molecular weight is 562 g/mol. The Morgan fingerprint density at radius 1 is 0.951 bits per heavy atom. The number of carbonyl (C=O) groups is 1. The first-order valence-corrected chi connectivity index (χ1v) is 13.7. The largest absolute Gasteiger partial charge is 0.356 e. The maximum atomic E-state index is 16.9. The summed E-state index contributed by atoms with van der Waals surface area (Å²) in [5.41, 5.74) is -0.226. The van der Waals surface area contributed by atoms with Crippen molar-refractivity contribution in [2.45, 2.75) is 42.7 Å². The standard InChI is InChI=1S/C33H31F4N3O/c1-39(2)32(23-9-6-10-24(34)19-23)17-16-31(21-33(32,36)37)30-26(27-20-25(35)12-13-28(27)38-30)15-18-40(31)29(41)14-11-22-7-4-3-5-8-22/h3-14,19-20,38H,15-18,21H2,1-2H3. The number of fused-ring (bicyclic) bond motifs is 4. The summed E-state index contributed by atoms with van der Waals surface area (Å²) < 4.78 is 62.5. The number of amides is 1. The maximum Gasteiger partial charge on any atom is 0.272 e. The van der Waals surface area contributed by atoms with Crippen molar-refractivity contribution in [3.63, 3.8) is 0 Å². The van der Waals surface area contributed by atoms with Gasteiger partial charge in [-0.25, -0.2) is 17.6 Å². The number of hydrogen-bond donors (Lipinski definition) is 1. The van der Waals surface area contributed by atoms with Crippen LogP contribution >= 0.6 is 0 Å². The normalized spacial score (nSPS) is 23.9. The molecule has 2 atom stereocenters. The smallest absolute Gasteiger partial charge is 0.272 e. The van der Waals surface area contributed by atoms with Gasteiger partial charge in [0.2, 0.25) is 5.91 Å². The van der Waals surface area contributed by atoms with E-state index in [1.807, 2.05) is 30.3 Å². The first kappa shape index (κ1) is 27.3. The van der Waals surface area contributed by atoms with Crippen LogP contribution in [0, 0.1) is 11.6 Å². The zero-order valence-electron chi connectivity index (χ0n) is 22.9. The van der Waals surface area contributed by atoms with Gasteiger partial charge in [0.05, 0.1) is 5.54 Å². The Kier molecular flexibility index (Phi) is 6.57. The van der Waals surface area contributed by atoms with E-state index in [9.17, 15) is 13.6 Å². The number of halogens is 4. The van der Waals surface area contributed by atoms with E-state index in [2.05, 4.69) is 4.98 Å². The van der Waals surface area contributed by atoms with Crippen LogP contribution in [0.15, 0.2) is 78.9 Å². The van der Waals surface area contributed by atoms with Crippen LogP contribution in [0.4, 0.5) is 17.6 Å². The van der Waals surface area contributed by atoms with E-state index in [0.29, 0.717) is 23.0 Å². The summed E-state index contributed by atoms with van der Waals surface area (Å²) >= 11 is 0. The van der Waals surface area contributed by atoms with E-state index < -0.39 is 35.1 Å². The molecule has 1 aliphatic heterocycles. The number of nitrogens with one attached hydrogen (secondary N) is 1. The average Bonchev–Trinajstić information content (AvgIpc) is 3.31. The number of nitrogens with zero attached hydrogens (tertiary/aromatic N) is 2. The van der Waals surface area contributed by atoms with Crippen molar-refractivity contribution in [3.8, 4) is 0 Å². The number of benzene rings is 3. The molecule has 1 fully saturated rings. The SMILES string of the molecule is CN(C)C1(c2cccc(F)c2)CCC2(CC1(F)F)c1[nH]c3ccc(F)cc3c1CCN2C(=O)C=Cc1ccccc1. The lowest BCUT2D eigenvalue weighted by Crippen LogP contribution is -2.66. The number of alkyl halides is 2. The Morgan fingerprint density at radius 2 is 1.71 bits per heavy atom. The minimum Gasteiger partial charge on any atom is -0.356 e. The molecule has 1 N–H and O–H groups in total. The molecule has 1 aliphatic carbocycles. The highest BCUT2D eigenvalue weighted by molar-refractivity contribution is 5.93. The predicted octanol–water partition coefficient (Wildman–Crippen LogP) is 7.02. The minimum atomic E-state index is -3.37. The van der Waals surface area contributed by atoms with E-state index in [-0.39, 0.29) is 30.9 Å². The fraction of sp³-hybridized carbons (Fsp3) is 0.303. The molecule has 2 heterocycles. The third-order valence-corrected chi connectivity index (χ3v) is 9.01. The number of H-pyrrole nitrogens is 1. The summed E-state index contributed by atoms with van der Waals surface area (Å²) in [6.45, 7) is 0.208. The number of aromatic nitrogens is 1. The number of carbonyl (C=O) groups excluding carboxylic acids is 1. The molecule has 6 rings (SSSR count). The molecule has 4 aromatic rings. The van der Waals surface area contributed by atoms with Gasteiger partial charge in [-0.1, -0.05) is 42.5 Å². The number of hydrogen-bond acceptors (Lipinski definition) is 2. The third-order valence-electron chi connectivity index (χ3n) is 9.01. The van der Waals surface area contributed by atoms with Crippen LogP contribution < -0.4 is 0 Å². The fourth-order valence-corrected chi connectivity index (χ4v) is 7.12. The second kappa shape index (κ2) is 9.87. The summed E-state index contributed by atoms with van der Waals surface area (Å²) in [5, 5.41) is 0.643. The molecule has 2 aliphatic rings.